The molecule has 0 bridgehead atoms. The predicted octanol–water partition coefficient (Wildman–Crippen LogP) is 4.97. The van der Waals surface area contributed by atoms with Crippen molar-refractivity contribution in [2.75, 3.05) is 45.8 Å². The van der Waals surface area contributed by atoms with Crippen LogP contribution in [0.2, 0.25) is 0 Å². The SMILES string of the molecule is C(=NCCNCCNCCNCCC=Nc1ccc2ccccc2c1)c1ccc2ccccc2c1. The highest BCUT2D eigenvalue weighted by Crippen LogP contribution is 2.20. The highest BCUT2D eigenvalue weighted by molar-refractivity contribution is 5.90. The number of nitrogens with one attached hydrogen (secondary N) is 3. The summed E-state index contributed by atoms with van der Waals surface area (Å²) in [5, 5.41) is 15.3. The van der Waals surface area contributed by atoms with Crippen LogP contribution in [-0.2, 0) is 0 Å². The molecule has 0 fully saturated rings. The summed E-state index contributed by atoms with van der Waals surface area (Å²) in [6.07, 6.45) is 4.88. The number of nitrogens with zero attached hydrogens (tertiary/aromatic N) is 2. The second-order valence-electron chi connectivity index (χ2n) is 8.52. The molecule has 0 aliphatic heterocycles. The molecule has 35 heavy (non-hydrogen) atoms. The summed E-state index contributed by atoms with van der Waals surface area (Å²) < 4.78 is 0. The standard InChI is InChI=1S/C30H35N5/c1-3-8-28-22-25(10-11-26(28)6-1)24-34-21-20-33-19-18-32-17-16-31-14-5-15-35-30-13-12-27-7-2-4-9-29(27)23-30/h1-4,6-13,15,22-24,31-33H,5,14,16-21H2. The van der Waals surface area contributed by atoms with Crippen molar-refractivity contribution in [3.63, 3.8) is 0 Å². The van der Waals surface area contributed by atoms with E-state index in [1.807, 2.05) is 12.4 Å². The molecule has 0 heterocycles. The van der Waals surface area contributed by atoms with Gasteiger partial charge in [0.05, 0.1) is 12.2 Å². The normalized spacial score (nSPS) is 11.9. The van der Waals surface area contributed by atoms with Crippen molar-refractivity contribution in [3.8, 4) is 0 Å². The van der Waals surface area contributed by atoms with Gasteiger partial charge in [-0.25, -0.2) is 0 Å². The number of benzene rings is 4. The maximum Gasteiger partial charge on any atom is 0.0632 e. The molecule has 4 aromatic carbocycles. The number of aliphatic imine (C=N–C) groups is 2. The first-order valence-electron chi connectivity index (χ1n) is 12.5. The van der Waals surface area contributed by atoms with Crippen LogP contribution in [0.5, 0.6) is 0 Å². The van der Waals surface area contributed by atoms with E-state index in [2.05, 4.69) is 111 Å². The monoisotopic (exact) mass is 465 g/mol. The van der Waals surface area contributed by atoms with Crippen molar-refractivity contribution >= 4 is 39.7 Å². The minimum absolute atomic E-state index is 0.787. The smallest absolute Gasteiger partial charge is 0.0632 e. The predicted molar refractivity (Wildman–Crippen MR) is 152 cm³/mol. The third-order valence-electron chi connectivity index (χ3n) is 5.81. The Bertz CT molecular complexity index is 1150. The Morgan fingerprint density at radius 3 is 1.91 bits per heavy atom. The van der Waals surface area contributed by atoms with Gasteiger partial charge >= 0.3 is 0 Å². The van der Waals surface area contributed by atoms with Crippen molar-refractivity contribution in [3.05, 3.63) is 90.5 Å². The van der Waals surface area contributed by atoms with Gasteiger partial charge in [-0.3, -0.25) is 9.98 Å². The molecule has 0 saturated heterocycles. The molecular weight excluding hydrogens is 430 g/mol. The molecule has 5 heteroatoms. The van der Waals surface area contributed by atoms with Crippen molar-refractivity contribution in [2.45, 2.75) is 6.42 Å². The maximum atomic E-state index is 4.58. The molecular formula is C30H35N5. The summed E-state index contributed by atoms with van der Waals surface area (Å²) in [7, 11) is 0. The minimum atomic E-state index is 0.787. The van der Waals surface area contributed by atoms with Gasteiger partial charge in [-0.05, 0) is 51.7 Å². The summed E-state index contributed by atoms with van der Waals surface area (Å²) >= 11 is 0. The summed E-state index contributed by atoms with van der Waals surface area (Å²) in [6.45, 7) is 6.44. The molecule has 5 nitrogen and oxygen atoms in total. The lowest BCUT2D eigenvalue weighted by Gasteiger charge is -2.06. The third-order valence-corrected chi connectivity index (χ3v) is 5.81. The van der Waals surface area contributed by atoms with Crippen LogP contribution in [-0.4, -0.2) is 58.2 Å². The molecule has 0 saturated carbocycles. The number of hydrogen-bond acceptors (Lipinski definition) is 5. The number of fused-ring (bicyclic) bond motifs is 2. The van der Waals surface area contributed by atoms with Gasteiger partial charge in [0.25, 0.3) is 0 Å². The van der Waals surface area contributed by atoms with Crippen molar-refractivity contribution < 1.29 is 0 Å². The van der Waals surface area contributed by atoms with Crippen molar-refractivity contribution in [2.24, 2.45) is 9.98 Å². The molecule has 0 amide bonds. The highest BCUT2D eigenvalue weighted by Gasteiger charge is 1.95. The van der Waals surface area contributed by atoms with Gasteiger partial charge in [0, 0.05) is 51.7 Å². The van der Waals surface area contributed by atoms with E-state index < -0.39 is 0 Å². The molecule has 0 aromatic heterocycles. The van der Waals surface area contributed by atoms with Crippen LogP contribution in [0.25, 0.3) is 21.5 Å². The summed E-state index contributed by atoms with van der Waals surface area (Å²) in [4.78, 5) is 9.11. The van der Waals surface area contributed by atoms with E-state index in [1.165, 1.54) is 21.5 Å². The van der Waals surface area contributed by atoms with Crippen molar-refractivity contribution in [1.82, 2.24) is 16.0 Å². The van der Waals surface area contributed by atoms with Crippen LogP contribution in [0.1, 0.15) is 12.0 Å². The van der Waals surface area contributed by atoms with Crippen LogP contribution in [0.3, 0.4) is 0 Å². The van der Waals surface area contributed by atoms with Crippen molar-refractivity contribution in [1.29, 1.82) is 0 Å². The Hall–Kier alpha value is -3.38. The number of hydrogen-bond donors (Lipinski definition) is 3. The van der Waals surface area contributed by atoms with E-state index in [1.54, 1.807) is 0 Å². The lowest BCUT2D eigenvalue weighted by atomic mass is 10.1. The highest BCUT2D eigenvalue weighted by atomic mass is 15.0. The first kappa shape index (κ1) is 24.7. The Labute approximate surface area is 208 Å². The van der Waals surface area contributed by atoms with E-state index >= 15 is 0 Å². The molecule has 180 valence electrons. The van der Waals surface area contributed by atoms with E-state index in [4.69, 9.17) is 0 Å². The Morgan fingerprint density at radius 1 is 0.571 bits per heavy atom. The fourth-order valence-corrected chi connectivity index (χ4v) is 3.92. The van der Waals surface area contributed by atoms with E-state index in [0.29, 0.717) is 0 Å². The quantitative estimate of drug-likeness (QED) is 0.182. The van der Waals surface area contributed by atoms with Crippen LogP contribution in [0.4, 0.5) is 5.69 Å². The zero-order valence-electron chi connectivity index (χ0n) is 20.3. The minimum Gasteiger partial charge on any atom is -0.315 e. The summed E-state index contributed by atoms with van der Waals surface area (Å²) in [6, 6.07) is 29.6. The fourth-order valence-electron chi connectivity index (χ4n) is 3.92. The van der Waals surface area contributed by atoms with Gasteiger partial charge in [-0.15, -0.1) is 0 Å². The maximum absolute atomic E-state index is 4.58. The zero-order valence-corrected chi connectivity index (χ0v) is 20.3. The summed E-state index contributed by atoms with van der Waals surface area (Å²) in [5.74, 6) is 0. The first-order valence-corrected chi connectivity index (χ1v) is 12.5. The average Bonchev–Trinajstić information content (AvgIpc) is 2.90. The van der Waals surface area contributed by atoms with Crippen LogP contribution < -0.4 is 16.0 Å². The van der Waals surface area contributed by atoms with E-state index in [0.717, 1.165) is 63.5 Å². The van der Waals surface area contributed by atoms with E-state index in [9.17, 15) is 0 Å². The Kier molecular flexibility index (Phi) is 9.98. The molecule has 4 rings (SSSR count). The van der Waals surface area contributed by atoms with Crippen LogP contribution >= 0.6 is 0 Å². The average molecular weight is 466 g/mol. The fraction of sp³-hybridized carbons (Fsp3) is 0.267. The molecule has 0 radical (unpaired) electrons. The van der Waals surface area contributed by atoms with Gasteiger partial charge in [0.2, 0.25) is 0 Å². The van der Waals surface area contributed by atoms with E-state index in [-0.39, 0.29) is 0 Å². The molecule has 0 atom stereocenters. The molecule has 0 aliphatic rings. The van der Waals surface area contributed by atoms with Gasteiger partial charge < -0.3 is 16.0 Å². The summed E-state index contributed by atoms with van der Waals surface area (Å²) in [5.41, 5.74) is 2.16. The molecule has 0 unspecified atom stereocenters. The van der Waals surface area contributed by atoms with Gasteiger partial charge in [-0.2, -0.15) is 0 Å². The lowest BCUT2D eigenvalue weighted by Crippen LogP contribution is -2.33. The lowest BCUT2D eigenvalue weighted by molar-refractivity contribution is 0.588. The zero-order chi connectivity index (χ0) is 24.0. The first-order chi connectivity index (χ1) is 17.4. The van der Waals surface area contributed by atoms with Gasteiger partial charge in [0.15, 0.2) is 0 Å². The third kappa shape index (κ3) is 8.41. The second-order valence-corrected chi connectivity index (χ2v) is 8.52. The largest absolute Gasteiger partial charge is 0.315 e. The van der Waals surface area contributed by atoms with Crippen LogP contribution in [0.15, 0.2) is 94.9 Å². The molecule has 4 aromatic rings. The molecule has 3 N–H and O–H groups in total. The molecule has 0 spiro atoms. The number of rotatable bonds is 14. The Balaban J connectivity index is 0.974. The van der Waals surface area contributed by atoms with Gasteiger partial charge in [-0.1, -0.05) is 66.7 Å². The topological polar surface area (TPSA) is 60.8 Å². The van der Waals surface area contributed by atoms with Gasteiger partial charge in [0.1, 0.15) is 0 Å². The second kappa shape index (κ2) is 14.1. The Morgan fingerprint density at radius 2 is 1.17 bits per heavy atom. The molecule has 0 aliphatic carbocycles. The van der Waals surface area contributed by atoms with Crippen LogP contribution in [0, 0.1) is 0 Å².